The Labute approximate surface area is 132 Å². The minimum Gasteiger partial charge on any atom is -0.491 e. The van der Waals surface area contributed by atoms with Crippen molar-refractivity contribution in [1.82, 2.24) is 15.2 Å². The second-order valence-electron chi connectivity index (χ2n) is 4.85. The molecular weight excluding hydrogens is 302 g/mol. The Hall–Kier alpha value is -2.28. The van der Waals surface area contributed by atoms with E-state index in [-0.39, 0.29) is 11.0 Å². The van der Waals surface area contributed by atoms with E-state index < -0.39 is 5.97 Å². The van der Waals surface area contributed by atoms with Gasteiger partial charge in [-0.3, -0.25) is 5.10 Å². The first-order valence-electron chi connectivity index (χ1n) is 6.72. The third kappa shape index (κ3) is 4.63. The summed E-state index contributed by atoms with van der Waals surface area (Å²) in [6, 6.07) is 7.24. The Kier molecular flexibility index (Phi) is 5.21. The molecule has 0 unspecified atom stereocenters. The lowest BCUT2D eigenvalue weighted by atomic mass is 10.2. The number of carbonyl (C=O) groups is 1. The van der Waals surface area contributed by atoms with Gasteiger partial charge in [-0.05, 0) is 56.3 Å². The van der Waals surface area contributed by atoms with Crippen molar-refractivity contribution >= 4 is 23.8 Å². The van der Waals surface area contributed by atoms with Gasteiger partial charge in [0.05, 0.1) is 6.10 Å². The van der Waals surface area contributed by atoms with Crippen LogP contribution in [0, 0.1) is 6.92 Å². The molecule has 0 bridgehead atoms. The lowest BCUT2D eigenvalue weighted by Crippen LogP contribution is -2.05. The molecular formula is C15H17N3O3S. The van der Waals surface area contributed by atoms with Crippen molar-refractivity contribution in [3.05, 3.63) is 40.6 Å². The number of benzene rings is 1. The van der Waals surface area contributed by atoms with Crippen LogP contribution in [0.5, 0.6) is 5.75 Å². The molecule has 1 aromatic heterocycles. The molecule has 22 heavy (non-hydrogen) atoms. The molecule has 0 radical (unpaired) electrons. The molecule has 6 nitrogen and oxygen atoms in total. The fourth-order valence-electron chi connectivity index (χ4n) is 1.67. The zero-order chi connectivity index (χ0) is 16.1. The van der Waals surface area contributed by atoms with Crippen LogP contribution in [0.25, 0.3) is 6.08 Å². The number of aryl methyl sites for hydroxylation is 1. The fourth-order valence-corrected chi connectivity index (χ4v) is 2.42. The highest BCUT2D eigenvalue weighted by Crippen LogP contribution is 2.26. The fraction of sp³-hybridized carbons (Fsp3) is 0.267. The number of hydrogen-bond donors (Lipinski definition) is 2. The predicted molar refractivity (Wildman–Crippen MR) is 84.8 cm³/mol. The van der Waals surface area contributed by atoms with E-state index in [1.165, 1.54) is 0 Å². The van der Waals surface area contributed by atoms with Gasteiger partial charge in [-0.1, -0.05) is 12.1 Å². The number of nitrogens with one attached hydrogen (secondary N) is 1. The van der Waals surface area contributed by atoms with Crippen molar-refractivity contribution in [3.8, 4) is 5.75 Å². The first-order chi connectivity index (χ1) is 10.4. The van der Waals surface area contributed by atoms with E-state index in [9.17, 15) is 9.90 Å². The van der Waals surface area contributed by atoms with Gasteiger partial charge >= 0.3 is 5.97 Å². The van der Waals surface area contributed by atoms with Crippen LogP contribution in [-0.2, 0) is 4.79 Å². The molecule has 2 rings (SSSR count). The number of ether oxygens (including phenoxy) is 1. The molecule has 0 aliphatic carbocycles. The molecule has 0 saturated carbocycles. The first kappa shape index (κ1) is 16.1. The molecule has 1 heterocycles. The van der Waals surface area contributed by atoms with Gasteiger partial charge < -0.3 is 9.84 Å². The number of carboxylic acid groups (broad SMARTS) is 1. The average Bonchev–Trinajstić information content (AvgIpc) is 2.85. The molecule has 0 aliphatic rings. The number of carboxylic acids is 1. The van der Waals surface area contributed by atoms with Crippen LogP contribution in [0.15, 0.2) is 34.3 Å². The van der Waals surface area contributed by atoms with Gasteiger partial charge in [-0.25, -0.2) is 9.78 Å². The zero-order valence-corrected chi connectivity index (χ0v) is 13.3. The highest BCUT2D eigenvalue weighted by molar-refractivity contribution is 8.04. The van der Waals surface area contributed by atoms with E-state index in [0.717, 1.165) is 23.1 Å². The summed E-state index contributed by atoms with van der Waals surface area (Å²) in [5.41, 5.74) is 0.772. The Bertz CT molecular complexity index is 678. The monoisotopic (exact) mass is 319 g/mol. The highest BCUT2D eigenvalue weighted by Gasteiger charge is 2.13. The second kappa shape index (κ2) is 7.13. The number of aromatic amines is 1. The van der Waals surface area contributed by atoms with Crippen LogP contribution < -0.4 is 4.74 Å². The van der Waals surface area contributed by atoms with Crippen LogP contribution in [0.2, 0.25) is 0 Å². The zero-order valence-electron chi connectivity index (χ0n) is 12.5. The SMILES string of the molecule is Cc1nc(SC(=Cc2ccc(OC(C)C)cc2)C(=O)O)n[nH]1. The number of aliphatic carboxylic acids is 1. The second-order valence-corrected chi connectivity index (χ2v) is 5.86. The Morgan fingerprint density at radius 1 is 1.36 bits per heavy atom. The number of nitrogens with zero attached hydrogens (tertiary/aromatic N) is 2. The largest absolute Gasteiger partial charge is 0.491 e. The van der Waals surface area contributed by atoms with Gasteiger partial charge in [0.1, 0.15) is 16.5 Å². The van der Waals surface area contributed by atoms with Crippen molar-refractivity contribution < 1.29 is 14.6 Å². The summed E-state index contributed by atoms with van der Waals surface area (Å²) in [6.45, 7) is 5.66. The van der Waals surface area contributed by atoms with Crippen molar-refractivity contribution in [3.63, 3.8) is 0 Å². The summed E-state index contributed by atoms with van der Waals surface area (Å²) < 4.78 is 5.55. The van der Waals surface area contributed by atoms with Gasteiger partial charge in [0.25, 0.3) is 0 Å². The third-order valence-electron chi connectivity index (χ3n) is 2.54. The molecule has 2 N–H and O–H groups in total. The lowest BCUT2D eigenvalue weighted by molar-refractivity contribution is -0.131. The number of aromatic nitrogens is 3. The molecule has 7 heteroatoms. The van der Waals surface area contributed by atoms with Gasteiger partial charge in [0, 0.05) is 0 Å². The van der Waals surface area contributed by atoms with E-state index in [1.807, 2.05) is 38.1 Å². The molecule has 0 amide bonds. The maximum atomic E-state index is 11.3. The van der Waals surface area contributed by atoms with Crippen molar-refractivity contribution in [2.75, 3.05) is 0 Å². The summed E-state index contributed by atoms with van der Waals surface area (Å²) in [7, 11) is 0. The van der Waals surface area contributed by atoms with Crippen LogP contribution in [-0.4, -0.2) is 32.4 Å². The molecule has 0 aliphatic heterocycles. The molecule has 0 fully saturated rings. The van der Waals surface area contributed by atoms with E-state index in [1.54, 1.807) is 13.0 Å². The summed E-state index contributed by atoms with van der Waals surface area (Å²) >= 11 is 1.00. The molecule has 0 atom stereocenters. The molecule has 116 valence electrons. The van der Waals surface area contributed by atoms with E-state index in [2.05, 4.69) is 15.2 Å². The number of rotatable bonds is 6. The quantitative estimate of drug-likeness (QED) is 0.628. The Morgan fingerprint density at radius 3 is 2.55 bits per heavy atom. The van der Waals surface area contributed by atoms with Crippen LogP contribution in [0.3, 0.4) is 0 Å². The van der Waals surface area contributed by atoms with E-state index in [0.29, 0.717) is 11.0 Å². The van der Waals surface area contributed by atoms with Crippen molar-refractivity contribution in [2.24, 2.45) is 0 Å². The van der Waals surface area contributed by atoms with Gasteiger partial charge in [0.15, 0.2) is 0 Å². The Balaban J connectivity index is 2.17. The smallest absolute Gasteiger partial charge is 0.342 e. The standard InChI is InChI=1S/C15H17N3O3S/c1-9(2)21-12-6-4-11(5-7-12)8-13(14(19)20)22-15-16-10(3)17-18-15/h4-9H,1-3H3,(H,19,20)(H,16,17,18). The minimum absolute atomic E-state index is 0.0977. The van der Waals surface area contributed by atoms with Crippen molar-refractivity contribution in [2.45, 2.75) is 32.0 Å². The first-order valence-corrected chi connectivity index (χ1v) is 7.54. The maximum absolute atomic E-state index is 11.3. The average molecular weight is 319 g/mol. The summed E-state index contributed by atoms with van der Waals surface area (Å²) in [5, 5.41) is 16.3. The predicted octanol–water partition coefficient (Wildman–Crippen LogP) is 3.12. The third-order valence-corrected chi connectivity index (χ3v) is 3.42. The van der Waals surface area contributed by atoms with E-state index in [4.69, 9.17) is 4.74 Å². The number of thioether (sulfide) groups is 1. The molecule has 0 spiro atoms. The Morgan fingerprint density at radius 2 is 2.05 bits per heavy atom. The van der Waals surface area contributed by atoms with Gasteiger partial charge in [0.2, 0.25) is 5.16 Å². The normalized spacial score (nSPS) is 11.7. The summed E-state index contributed by atoms with van der Waals surface area (Å²) in [4.78, 5) is 15.6. The van der Waals surface area contributed by atoms with Gasteiger partial charge in [-0.2, -0.15) is 0 Å². The molecule has 0 saturated heterocycles. The lowest BCUT2D eigenvalue weighted by Gasteiger charge is -2.09. The summed E-state index contributed by atoms with van der Waals surface area (Å²) in [5.74, 6) is 0.374. The molecule has 2 aromatic rings. The molecule has 1 aromatic carbocycles. The highest BCUT2D eigenvalue weighted by atomic mass is 32.2. The van der Waals surface area contributed by atoms with E-state index >= 15 is 0 Å². The van der Waals surface area contributed by atoms with Crippen molar-refractivity contribution in [1.29, 1.82) is 0 Å². The van der Waals surface area contributed by atoms with Crippen LogP contribution in [0.1, 0.15) is 25.2 Å². The topological polar surface area (TPSA) is 88.1 Å². The maximum Gasteiger partial charge on any atom is 0.342 e. The number of hydrogen-bond acceptors (Lipinski definition) is 5. The van der Waals surface area contributed by atoms with Crippen LogP contribution >= 0.6 is 11.8 Å². The minimum atomic E-state index is -1.02. The van der Waals surface area contributed by atoms with Crippen LogP contribution in [0.4, 0.5) is 0 Å². The number of H-pyrrole nitrogens is 1. The van der Waals surface area contributed by atoms with Gasteiger partial charge in [-0.15, -0.1) is 5.10 Å². The summed E-state index contributed by atoms with van der Waals surface area (Å²) in [6.07, 6.45) is 1.68.